The molecule has 2 nitrogen and oxygen atoms in total. The Morgan fingerprint density at radius 3 is 2.00 bits per heavy atom. The minimum atomic E-state index is -4.75. The first-order chi connectivity index (χ1) is 9.57. The SMILES string of the molecule is Cl.NCCCC[C@@H](N)c1cc(C(F)(F)F)ccc1C(F)(F)F. The number of unbranched alkanes of at least 4 members (excludes halogenated alkanes) is 1. The van der Waals surface area contributed by atoms with Gasteiger partial charge in [0, 0.05) is 6.04 Å². The van der Waals surface area contributed by atoms with Crippen molar-refractivity contribution in [2.45, 2.75) is 37.7 Å². The third-order valence-corrected chi connectivity index (χ3v) is 3.05. The summed E-state index contributed by atoms with van der Waals surface area (Å²) >= 11 is 0. The Labute approximate surface area is 130 Å². The molecule has 0 unspecified atom stereocenters. The summed E-state index contributed by atoms with van der Waals surface area (Å²) in [6.45, 7) is 0.349. The summed E-state index contributed by atoms with van der Waals surface area (Å²) < 4.78 is 76.5. The lowest BCUT2D eigenvalue weighted by atomic mass is 9.94. The van der Waals surface area contributed by atoms with Gasteiger partial charge in [-0.25, -0.2) is 0 Å². The summed E-state index contributed by atoms with van der Waals surface area (Å²) in [7, 11) is 0. The lowest BCUT2D eigenvalue weighted by molar-refractivity contribution is -0.142. The van der Waals surface area contributed by atoms with Crippen LogP contribution in [0.3, 0.4) is 0 Å². The molecule has 1 rings (SSSR count). The van der Waals surface area contributed by atoms with Gasteiger partial charge in [-0.15, -0.1) is 12.4 Å². The van der Waals surface area contributed by atoms with Crippen LogP contribution in [-0.2, 0) is 12.4 Å². The molecule has 1 aromatic carbocycles. The molecule has 0 aliphatic rings. The van der Waals surface area contributed by atoms with Crippen LogP contribution >= 0.6 is 12.4 Å². The van der Waals surface area contributed by atoms with E-state index in [4.69, 9.17) is 11.5 Å². The van der Waals surface area contributed by atoms with Gasteiger partial charge in [0.1, 0.15) is 0 Å². The van der Waals surface area contributed by atoms with Crippen molar-refractivity contribution < 1.29 is 26.3 Å². The van der Waals surface area contributed by atoms with Crippen molar-refractivity contribution in [2.24, 2.45) is 11.5 Å². The van der Waals surface area contributed by atoms with E-state index in [1.807, 2.05) is 0 Å². The van der Waals surface area contributed by atoms with E-state index < -0.39 is 35.1 Å². The monoisotopic (exact) mass is 350 g/mol. The highest BCUT2D eigenvalue weighted by Crippen LogP contribution is 2.39. The van der Waals surface area contributed by atoms with Crippen LogP contribution in [0.5, 0.6) is 0 Å². The van der Waals surface area contributed by atoms with E-state index in [9.17, 15) is 26.3 Å². The summed E-state index contributed by atoms with van der Waals surface area (Å²) in [6, 6.07) is 0.214. The van der Waals surface area contributed by atoms with Gasteiger partial charge in [0.15, 0.2) is 0 Å². The lowest BCUT2D eigenvalue weighted by Crippen LogP contribution is -2.19. The third kappa shape index (κ3) is 5.66. The average Bonchev–Trinajstić information content (AvgIpc) is 2.36. The van der Waals surface area contributed by atoms with E-state index >= 15 is 0 Å². The van der Waals surface area contributed by atoms with Crippen molar-refractivity contribution in [2.75, 3.05) is 6.54 Å². The van der Waals surface area contributed by atoms with Crippen LogP contribution in [0.2, 0.25) is 0 Å². The first-order valence-electron chi connectivity index (χ1n) is 6.31. The van der Waals surface area contributed by atoms with Gasteiger partial charge in [0.2, 0.25) is 0 Å². The molecule has 0 amide bonds. The number of hydrogen-bond donors (Lipinski definition) is 2. The van der Waals surface area contributed by atoms with E-state index in [0.717, 1.165) is 0 Å². The maximum Gasteiger partial charge on any atom is 0.416 e. The van der Waals surface area contributed by atoms with Gasteiger partial charge in [-0.3, -0.25) is 0 Å². The van der Waals surface area contributed by atoms with Gasteiger partial charge in [-0.05, 0) is 43.1 Å². The standard InChI is InChI=1S/C13H16F6N2.ClH/c14-12(15,16)8-4-5-10(13(17,18)19)9(7-8)11(21)3-1-2-6-20;/h4-5,7,11H,1-3,6,20-21H2;1H/t11-;/m1./s1. The fourth-order valence-corrected chi connectivity index (χ4v) is 1.97. The van der Waals surface area contributed by atoms with Gasteiger partial charge in [-0.2, -0.15) is 26.3 Å². The first-order valence-corrected chi connectivity index (χ1v) is 6.31. The van der Waals surface area contributed by atoms with Crippen LogP contribution in [0.15, 0.2) is 18.2 Å². The smallest absolute Gasteiger partial charge is 0.330 e. The van der Waals surface area contributed by atoms with E-state index in [1.54, 1.807) is 0 Å². The highest BCUT2D eigenvalue weighted by atomic mass is 35.5. The summed E-state index contributed by atoms with van der Waals surface area (Å²) in [5.74, 6) is 0. The molecule has 0 aromatic heterocycles. The van der Waals surface area contributed by atoms with Crippen LogP contribution in [0, 0.1) is 0 Å². The van der Waals surface area contributed by atoms with Gasteiger partial charge in [0.05, 0.1) is 11.1 Å². The van der Waals surface area contributed by atoms with Crippen LogP contribution < -0.4 is 11.5 Å². The maximum absolute atomic E-state index is 12.9. The van der Waals surface area contributed by atoms with E-state index in [-0.39, 0.29) is 18.8 Å². The number of alkyl halides is 6. The highest BCUT2D eigenvalue weighted by molar-refractivity contribution is 5.85. The molecule has 0 aliphatic heterocycles. The summed E-state index contributed by atoms with van der Waals surface area (Å²) in [5, 5.41) is 0. The molecule has 1 aromatic rings. The van der Waals surface area contributed by atoms with E-state index in [0.29, 0.717) is 37.6 Å². The predicted octanol–water partition coefficient (Wildman–Crippen LogP) is 4.27. The molecule has 0 bridgehead atoms. The zero-order valence-electron chi connectivity index (χ0n) is 11.5. The normalized spacial score (nSPS) is 13.6. The molecular weight excluding hydrogens is 334 g/mol. The van der Waals surface area contributed by atoms with Crippen molar-refractivity contribution in [3.05, 3.63) is 34.9 Å². The number of hydrogen-bond acceptors (Lipinski definition) is 2. The Bertz CT molecular complexity index is 473. The second kappa shape index (κ2) is 8.03. The minimum Gasteiger partial charge on any atom is -0.330 e. The molecule has 0 heterocycles. The van der Waals surface area contributed by atoms with Gasteiger partial charge >= 0.3 is 12.4 Å². The first kappa shape index (κ1) is 21.0. The van der Waals surface area contributed by atoms with E-state index in [1.165, 1.54) is 0 Å². The number of nitrogens with two attached hydrogens (primary N) is 2. The van der Waals surface area contributed by atoms with Crippen LogP contribution in [-0.4, -0.2) is 6.54 Å². The van der Waals surface area contributed by atoms with E-state index in [2.05, 4.69) is 0 Å². The zero-order valence-corrected chi connectivity index (χ0v) is 12.3. The second-order valence-corrected chi connectivity index (χ2v) is 4.69. The molecule has 0 spiro atoms. The van der Waals surface area contributed by atoms with Gasteiger partial charge < -0.3 is 11.5 Å². The molecule has 0 radical (unpaired) electrons. The predicted molar refractivity (Wildman–Crippen MR) is 73.5 cm³/mol. The molecule has 4 N–H and O–H groups in total. The maximum atomic E-state index is 12.9. The molecule has 0 aliphatic carbocycles. The van der Waals surface area contributed by atoms with Crippen LogP contribution in [0.1, 0.15) is 42.0 Å². The third-order valence-electron chi connectivity index (χ3n) is 3.05. The molecule has 22 heavy (non-hydrogen) atoms. The van der Waals surface area contributed by atoms with Crippen molar-refractivity contribution in [3.63, 3.8) is 0 Å². The Hall–Kier alpha value is -0.990. The Kier molecular flexibility index (Phi) is 7.67. The van der Waals surface area contributed by atoms with Crippen LogP contribution in [0.4, 0.5) is 26.3 Å². The second-order valence-electron chi connectivity index (χ2n) is 4.69. The molecule has 128 valence electrons. The topological polar surface area (TPSA) is 52.0 Å². The quantitative estimate of drug-likeness (QED) is 0.615. The molecule has 0 fully saturated rings. The van der Waals surface area contributed by atoms with Crippen molar-refractivity contribution >= 4 is 12.4 Å². The molecule has 9 heteroatoms. The number of halogens is 7. The minimum absolute atomic E-state index is 0. The summed E-state index contributed by atoms with van der Waals surface area (Å²) in [5.41, 5.74) is 8.10. The summed E-state index contributed by atoms with van der Waals surface area (Å²) in [6.07, 6.45) is -8.32. The van der Waals surface area contributed by atoms with Gasteiger partial charge in [0.25, 0.3) is 0 Å². The van der Waals surface area contributed by atoms with Crippen molar-refractivity contribution in [1.29, 1.82) is 0 Å². The molecular formula is C13H17ClF6N2. The Balaban J connectivity index is 0.00000441. The number of rotatable bonds is 5. The molecule has 1 atom stereocenters. The lowest BCUT2D eigenvalue weighted by Gasteiger charge is -2.20. The highest BCUT2D eigenvalue weighted by Gasteiger charge is 2.37. The van der Waals surface area contributed by atoms with Crippen LogP contribution in [0.25, 0.3) is 0 Å². The molecule has 0 saturated carbocycles. The molecule has 0 saturated heterocycles. The Morgan fingerprint density at radius 2 is 1.55 bits per heavy atom. The fraction of sp³-hybridized carbons (Fsp3) is 0.538. The van der Waals surface area contributed by atoms with Crippen molar-refractivity contribution in [1.82, 2.24) is 0 Å². The fourth-order valence-electron chi connectivity index (χ4n) is 1.97. The van der Waals surface area contributed by atoms with Crippen molar-refractivity contribution in [3.8, 4) is 0 Å². The average molecular weight is 351 g/mol. The Morgan fingerprint density at radius 1 is 0.955 bits per heavy atom. The summed E-state index contributed by atoms with van der Waals surface area (Å²) in [4.78, 5) is 0. The van der Waals surface area contributed by atoms with Gasteiger partial charge in [-0.1, -0.05) is 6.42 Å². The largest absolute Gasteiger partial charge is 0.416 e. The number of benzene rings is 1. The zero-order chi connectivity index (χ0) is 16.3.